The summed E-state index contributed by atoms with van der Waals surface area (Å²) in [7, 11) is 0. The highest BCUT2D eigenvalue weighted by atomic mass is 19.4. The Labute approximate surface area is 109 Å². The van der Waals surface area contributed by atoms with E-state index in [-0.39, 0.29) is 16.3 Å². The summed E-state index contributed by atoms with van der Waals surface area (Å²) in [4.78, 5) is 0. The molecule has 0 unspecified atom stereocenters. The third-order valence-corrected chi connectivity index (χ3v) is 2.86. The number of hydrogen-bond acceptors (Lipinski definition) is 1. The third-order valence-electron chi connectivity index (χ3n) is 2.86. The van der Waals surface area contributed by atoms with Gasteiger partial charge in [-0.3, -0.25) is 0 Å². The number of benzene rings is 2. The summed E-state index contributed by atoms with van der Waals surface area (Å²) in [6, 6.07) is 3.83. The van der Waals surface area contributed by atoms with Gasteiger partial charge in [0.25, 0.3) is 0 Å². The summed E-state index contributed by atoms with van der Waals surface area (Å²) in [6.45, 7) is -0.776. The van der Waals surface area contributed by atoms with Gasteiger partial charge in [-0.1, -0.05) is 6.07 Å². The number of hydrogen-bond donors (Lipinski definition) is 1. The van der Waals surface area contributed by atoms with Gasteiger partial charge in [0.2, 0.25) is 0 Å². The lowest BCUT2D eigenvalue weighted by Crippen LogP contribution is -2.07. The lowest BCUT2D eigenvalue weighted by Gasteiger charge is -2.13. The van der Waals surface area contributed by atoms with E-state index < -0.39 is 30.1 Å². The summed E-state index contributed by atoms with van der Waals surface area (Å²) in [5.41, 5.74) is -2.17. The highest BCUT2D eigenvalue weighted by molar-refractivity contribution is 5.87. The van der Waals surface area contributed by atoms with Crippen molar-refractivity contribution in [3.05, 3.63) is 47.0 Å². The topological polar surface area (TPSA) is 20.2 Å². The van der Waals surface area contributed by atoms with Crippen LogP contribution < -0.4 is 0 Å². The normalized spacial score (nSPS) is 12.9. The summed E-state index contributed by atoms with van der Waals surface area (Å²) in [6.07, 6.45) is -9.22. The van der Waals surface area contributed by atoms with Crippen LogP contribution in [0.1, 0.15) is 16.7 Å². The molecule has 0 aromatic heterocycles. The molecule has 0 saturated carbocycles. The summed E-state index contributed by atoms with van der Waals surface area (Å²) >= 11 is 0. The molecule has 0 heterocycles. The molecule has 1 nitrogen and oxygen atoms in total. The van der Waals surface area contributed by atoms with E-state index in [2.05, 4.69) is 0 Å². The van der Waals surface area contributed by atoms with Crippen molar-refractivity contribution in [3.8, 4) is 0 Å². The Hall–Kier alpha value is -1.76. The van der Waals surface area contributed by atoms with Crippen molar-refractivity contribution in [1.82, 2.24) is 0 Å². The van der Waals surface area contributed by atoms with Crippen LogP contribution in [0.3, 0.4) is 0 Å². The van der Waals surface area contributed by atoms with Crippen molar-refractivity contribution in [2.24, 2.45) is 0 Å². The van der Waals surface area contributed by atoms with Crippen molar-refractivity contribution in [2.75, 3.05) is 0 Å². The van der Waals surface area contributed by atoms with Gasteiger partial charge in [-0.15, -0.1) is 0 Å². The van der Waals surface area contributed by atoms with E-state index in [1.807, 2.05) is 0 Å². The highest BCUT2D eigenvalue weighted by Gasteiger charge is 2.33. The van der Waals surface area contributed by atoms with Crippen LogP contribution >= 0.6 is 0 Å². The van der Waals surface area contributed by atoms with Crippen LogP contribution in [-0.4, -0.2) is 5.11 Å². The molecule has 0 aliphatic heterocycles. The fourth-order valence-electron chi connectivity index (χ4n) is 1.91. The Morgan fingerprint density at radius 2 is 1.40 bits per heavy atom. The van der Waals surface area contributed by atoms with E-state index in [0.717, 1.165) is 18.2 Å². The van der Waals surface area contributed by atoms with Gasteiger partial charge in [0.15, 0.2) is 0 Å². The largest absolute Gasteiger partial charge is 0.416 e. The molecule has 0 saturated heterocycles. The standard InChI is InChI=1S/C13H8F6O/c14-12(15,16)9-2-1-7-3-10(13(17,18)19)4-8(6-20)11(7)5-9/h1-5,20H,6H2. The number of rotatable bonds is 1. The molecule has 0 amide bonds. The van der Waals surface area contributed by atoms with Gasteiger partial charge in [-0.05, 0) is 40.6 Å². The second-order valence-electron chi connectivity index (χ2n) is 4.22. The number of aliphatic hydroxyl groups is 1. The molecular weight excluding hydrogens is 286 g/mol. The first-order valence-electron chi connectivity index (χ1n) is 5.45. The van der Waals surface area contributed by atoms with E-state index in [9.17, 15) is 26.3 Å². The average molecular weight is 294 g/mol. The maximum atomic E-state index is 12.6. The minimum atomic E-state index is -4.62. The van der Waals surface area contributed by atoms with Gasteiger partial charge in [-0.2, -0.15) is 26.3 Å². The molecule has 0 radical (unpaired) electrons. The molecule has 0 bridgehead atoms. The van der Waals surface area contributed by atoms with E-state index >= 15 is 0 Å². The van der Waals surface area contributed by atoms with Crippen molar-refractivity contribution in [1.29, 1.82) is 0 Å². The van der Waals surface area contributed by atoms with Crippen LogP contribution in [0.15, 0.2) is 30.3 Å². The Balaban J connectivity index is 2.71. The number of alkyl halides is 6. The van der Waals surface area contributed by atoms with E-state index in [0.29, 0.717) is 12.1 Å². The van der Waals surface area contributed by atoms with Gasteiger partial charge in [0.1, 0.15) is 0 Å². The van der Waals surface area contributed by atoms with Crippen LogP contribution in [-0.2, 0) is 19.0 Å². The number of halogens is 6. The SMILES string of the molecule is OCc1cc(C(F)(F)F)cc2ccc(C(F)(F)F)cc12. The van der Waals surface area contributed by atoms with Crippen LogP contribution in [0.4, 0.5) is 26.3 Å². The van der Waals surface area contributed by atoms with Crippen molar-refractivity contribution in [3.63, 3.8) is 0 Å². The zero-order chi connectivity index (χ0) is 15.1. The van der Waals surface area contributed by atoms with Crippen LogP contribution in [0.2, 0.25) is 0 Å². The molecule has 0 atom stereocenters. The van der Waals surface area contributed by atoms with Crippen molar-refractivity contribution in [2.45, 2.75) is 19.0 Å². The molecule has 1 N–H and O–H groups in total. The fourth-order valence-corrected chi connectivity index (χ4v) is 1.91. The minimum absolute atomic E-state index is 0.00289. The second kappa shape index (κ2) is 4.66. The van der Waals surface area contributed by atoms with E-state index in [1.54, 1.807) is 0 Å². The van der Waals surface area contributed by atoms with Crippen LogP contribution in [0, 0.1) is 0 Å². The molecule has 0 fully saturated rings. The van der Waals surface area contributed by atoms with Gasteiger partial charge < -0.3 is 5.11 Å². The summed E-state index contributed by atoms with van der Waals surface area (Å²) in [5.74, 6) is 0. The first-order chi connectivity index (χ1) is 9.13. The number of fused-ring (bicyclic) bond motifs is 1. The molecule has 0 aliphatic carbocycles. The molecule has 20 heavy (non-hydrogen) atoms. The maximum Gasteiger partial charge on any atom is 0.416 e. The smallest absolute Gasteiger partial charge is 0.392 e. The summed E-state index contributed by atoms with van der Waals surface area (Å²) < 4.78 is 75.6. The molecule has 2 aromatic rings. The Morgan fingerprint density at radius 3 is 1.90 bits per heavy atom. The second-order valence-corrected chi connectivity index (χ2v) is 4.22. The monoisotopic (exact) mass is 294 g/mol. The van der Waals surface area contributed by atoms with Gasteiger partial charge in [0.05, 0.1) is 17.7 Å². The van der Waals surface area contributed by atoms with Gasteiger partial charge >= 0.3 is 12.4 Å². The van der Waals surface area contributed by atoms with Gasteiger partial charge in [0, 0.05) is 0 Å². The highest BCUT2D eigenvalue weighted by Crippen LogP contribution is 2.36. The van der Waals surface area contributed by atoms with Crippen molar-refractivity contribution >= 4 is 10.8 Å². The lowest BCUT2D eigenvalue weighted by molar-refractivity contribution is -0.138. The third kappa shape index (κ3) is 2.72. The molecule has 0 spiro atoms. The maximum absolute atomic E-state index is 12.6. The van der Waals surface area contributed by atoms with Crippen molar-refractivity contribution < 1.29 is 31.4 Å². The van der Waals surface area contributed by atoms with E-state index in [4.69, 9.17) is 5.11 Å². The molecule has 7 heteroatoms. The molecule has 0 aliphatic rings. The van der Waals surface area contributed by atoms with Crippen LogP contribution in [0.25, 0.3) is 10.8 Å². The molecule has 108 valence electrons. The first kappa shape index (κ1) is 14.6. The summed E-state index contributed by atoms with van der Waals surface area (Å²) in [5, 5.41) is 9.02. The predicted molar refractivity (Wildman–Crippen MR) is 59.9 cm³/mol. The number of aliphatic hydroxyl groups excluding tert-OH is 1. The average Bonchev–Trinajstić information content (AvgIpc) is 2.34. The van der Waals surface area contributed by atoms with Gasteiger partial charge in [-0.25, -0.2) is 0 Å². The zero-order valence-electron chi connectivity index (χ0n) is 9.81. The predicted octanol–water partition coefficient (Wildman–Crippen LogP) is 4.37. The minimum Gasteiger partial charge on any atom is -0.392 e. The lowest BCUT2D eigenvalue weighted by atomic mass is 9.98. The van der Waals surface area contributed by atoms with E-state index in [1.165, 1.54) is 0 Å². The Kier molecular flexibility index (Phi) is 3.41. The molecular formula is C13H8F6O. The quantitative estimate of drug-likeness (QED) is 0.774. The van der Waals surface area contributed by atoms with Crippen LogP contribution in [0.5, 0.6) is 0 Å². The Morgan fingerprint density at radius 1 is 0.800 bits per heavy atom. The fraction of sp³-hybridized carbons (Fsp3) is 0.231. The zero-order valence-corrected chi connectivity index (χ0v) is 9.81. The Bertz CT molecular complexity index is 642. The molecule has 2 aromatic carbocycles. The molecule has 2 rings (SSSR count). The first-order valence-corrected chi connectivity index (χ1v) is 5.45.